The van der Waals surface area contributed by atoms with Crippen LogP contribution in [0.25, 0.3) is 0 Å². The molecule has 2 nitrogen and oxygen atoms in total. The molecule has 0 amide bonds. The maximum Gasteiger partial charge on any atom is 0.171 e. The summed E-state index contributed by atoms with van der Waals surface area (Å²) < 4.78 is 0. The minimum absolute atomic E-state index is 0.174. The van der Waals surface area contributed by atoms with Crippen molar-refractivity contribution in [3.8, 4) is 0 Å². The molecule has 0 fully saturated rings. The normalized spacial score (nSPS) is 11.8. The second-order valence-corrected chi connectivity index (χ2v) is 5.89. The Balaban J connectivity index is 2.06. The highest BCUT2D eigenvalue weighted by Gasteiger charge is 2.11. The summed E-state index contributed by atoms with van der Waals surface area (Å²) in [5.74, 6) is 0. The molecule has 0 aliphatic carbocycles. The van der Waals surface area contributed by atoms with Crippen LogP contribution in [-0.2, 0) is 0 Å². The van der Waals surface area contributed by atoms with Crippen molar-refractivity contribution >= 4 is 23.0 Å². The molecule has 2 aromatic carbocycles. The molecule has 0 spiro atoms. The molecule has 2 N–H and O–H groups in total. The highest BCUT2D eigenvalue weighted by molar-refractivity contribution is 7.80. The number of anilines is 1. The fourth-order valence-electron chi connectivity index (χ4n) is 2.41. The number of thiocarbonyl (C=S) groups is 1. The van der Waals surface area contributed by atoms with E-state index in [9.17, 15) is 0 Å². The Morgan fingerprint density at radius 2 is 1.57 bits per heavy atom. The molecule has 2 aromatic rings. The Labute approximate surface area is 132 Å². The van der Waals surface area contributed by atoms with Crippen LogP contribution >= 0.6 is 12.2 Å². The quantitative estimate of drug-likeness (QED) is 0.806. The SMILES string of the molecule is Cc1cc(C)c([C@@H](C)NC(=S)Nc2ccccc2)cc1C. The number of rotatable bonds is 3. The topological polar surface area (TPSA) is 24.1 Å². The number of benzene rings is 2. The number of aryl methyl sites for hydroxylation is 3. The Morgan fingerprint density at radius 3 is 2.24 bits per heavy atom. The van der Waals surface area contributed by atoms with Crippen LogP contribution in [0, 0.1) is 20.8 Å². The average molecular weight is 298 g/mol. The van der Waals surface area contributed by atoms with Gasteiger partial charge in [0.2, 0.25) is 0 Å². The fraction of sp³-hybridized carbons (Fsp3) is 0.278. The largest absolute Gasteiger partial charge is 0.356 e. The third kappa shape index (κ3) is 4.05. The van der Waals surface area contributed by atoms with Gasteiger partial charge in [-0.2, -0.15) is 0 Å². The predicted molar refractivity (Wildman–Crippen MR) is 94.9 cm³/mol. The third-order valence-corrected chi connectivity index (χ3v) is 3.95. The second kappa shape index (κ2) is 6.72. The van der Waals surface area contributed by atoms with Gasteiger partial charge in [0.1, 0.15) is 0 Å². The average Bonchev–Trinajstić information content (AvgIpc) is 2.43. The molecule has 0 bridgehead atoms. The van der Waals surface area contributed by atoms with E-state index >= 15 is 0 Å². The van der Waals surface area contributed by atoms with Gasteiger partial charge in [-0.3, -0.25) is 0 Å². The smallest absolute Gasteiger partial charge is 0.171 e. The van der Waals surface area contributed by atoms with Crippen molar-refractivity contribution in [1.82, 2.24) is 5.32 Å². The van der Waals surface area contributed by atoms with Crippen molar-refractivity contribution < 1.29 is 0 Å². The van der Waals surface area contributed by atoms with Crippen molar-refractivity contribution in [2.45, 2.75) is 33.7 Å². The van der Waals surface area contributed by atoms with Crippen LogP contribution in [0.3, 0.4) is 0 Å². The molecule has 0 aliphatic heterocycles. The van der Waals surface area contributed by atoms with Gasteiger partial charge in [-0.25, -0.2) is 0 Å². The zero-order valence-corrected chi connectivity index (χ0v) is 13.8. The van der Waals surface area contributed by atoms with E-state index in [1.807, 2.05) is 30.3 Å². The third-order valence-electron chi connectivity index (χ3n) is 3.73. The van der Waals surface area contributed by atoms with E-state index in [1.54, 1.807) is 0 Å². The van der Waals surface area contributed by atoms with Crippen molar-refractivity contribution in [3.05, 3.63) is 64.7 Å². The molecule has 3 heteroatoms. The molecule has 0 aromatic heterocycles. The summed E-state index contributed by atoms with van der Waals surface area (Å²) >= 11 is 5.39. The summed E-state index contributed by atoms with van der Waals surface area (Å²) in [4.78, 5) is 0. The molecule has 110 valence electrons. The van der Waals surface area contributed by atoms with E-state index in [2.05, 4.69) is 50.5 Å². The predicted octanol–water partition coefficient (Wildman–Crippen LogP) is 4.66. The number of hydrogen-bond acceptors (Lipinski definition) is 1. The Hall–Kier alpha value is -1.87. The van der Waals surface area contributed by atoms with Crippen molar-refractivity contribution in [3.63, 3.8) is 0 Å². The van der Waals surface area contributed by atoms with Gasteiger partial charge in [0.05, 0.1) is 6.04 Å². The summed E-state index contributed by atoms with van der Waals surface area (Å²) in [6, 6.07) is 14.6. The molecule has 0 saturated carbocycles. The van der Waals surface area contributed by atoms with Gasteiger partial charge in [0.15, 0.2) is 5.11 Å². The molecular formula is C18H22N2S. The van der Waals surface area contributed by atoms with E-state index < -0.39 is 0 Å². The first-order valence-corrected chi connectivity index (χ1v) is 7.58. The van der Waals surface area contributed by atoms with Gasteiger partial charge in [-0.05, 0) is 74.3 Å². The van der Waals surface area contributed by atoms with E-state index in [1.165, 1.54) is 22.3 Å². The highest BCUT2D eigenvalue weighted by atomic mass is 32.1. The molecule has 1 atom stereocenters. The summed E-state index contributed by atoms with van der Waals surface area (Å²) in [6.45, 7) is 8.57. The second-order valence-electron chi connectivity index (χ2n) is 5.48. The van der Waals surface area contributed by atoms with Crippen molar-refractivity contribution in [2.24, 2.45) is 0 Å². The maximum atomic E-state index is 5.39. The lowest BCUT2D eigenvalue weighted by molar-refractivity contribution is 0.716. The van der Waals surface area contributed by atoms with Gasteiger partial charge < -0.3 is 10.6 Å². The molecule has 21 heavy (non-hydrogen) atoms. The van der Waals surface area contributed by atoms with Gasteiger partial charge in [-0.1, -0.05) is 30.3 Å². The summed E-state index contributed by atoms with van der Waals surface area (Å²) in [7, 11) is 0. The lowest BCUT2D eigenvalue weighted by Crippen LogP contribution is -2.31. The zero-order valence-electron chi connectivity index (χ0n) is 13.0. The molecule has 0 aliphatic rings. The lowest BCUT2D eigenvalue weighted by Gasteiger charge is -2.20. The van der Waals surface area contributed by atoms with E-state index in [0.717, 1.165) is 5.69 Å². The number of hydrogen-bond donors (Lipinski definition) is 2. The van der Waals surface area contributed by atoms with Crippen LogP contribution in [0.2, 0.25) is 0 Å². The Kier molecular flexibility index (Phi) is 4.97. The standard InChI is InChI=1S/C18H22N2S/c1-12-10-14(3)17(11-13(12)2)15(4)19-18(21)20-16-8-6-5-7-9-16/h5-11,15H,1-4H3,(H2,19,20,21)/t15-/m1/s1. The summed E-state index contributed by atoms with van der Waals surface area (Å²) in [5.41, 5.74) is 6.22. The molecular weight excluding hydrogens is 276 g/mol. The number of para-hydroxylation sites is 1. The van der Waals surface area contributed by atoms with Crippen LogP contribution in [0.4, 0.5) is 5.69 Å². The zero-order chi connectivity index (χ0) is 15.4. The van der Waals surface area contributed by atoms with Crippen LogP contribution in [0.1, 0.15) is 35.2 Å². The van der Waals surface area contributed by atoms with Gasteiger partial charge in [-0.15, -0.1) is 0 Å². The van der Waals surface area contributed by atoms with Gasteiger partial charge >= 0.3 is 0 Å². The van der Waals surface area contributed by atoms with Crippen LogP contribution < -0.4 is 10.6 Å². The number of nitrogens with one attached hydrogen (secondary N) is 2. The van der Waals surface area contributed by atoms with Crippen molar-refractivity contribution in [2.75, 3.05) is 5.32 Å². The maximum absolute atomic E-state index is 5.39. The minimum atomic E-state index is 0.174. The van der Waals surface area contributed by atoms with Crippen LogP contribution in [0.5, 0.6) is 0 Å². The lowest BCUT2D eigenvalue weighted by atomic mass is 9.97. The molecule has 0 radical (unpaired) electrons. The highest BCUT2D eigenvalue weighted by Crippen LogP contribution is 2.21. The first-order chi connectivity index (χ1) is 9.97. The molecule has 0 heterocycles. The van der Waals surface area contributed by atoms with Crippen LogP contribution in [0.15, 0.2) is 42.5 Å². The van der Waals surface area contributed by atoms with E-state index in [0.29, 0.717) is 5.11 Å². The van der Waals surface area contributed by atoms with E-state index in [-0.39, 0.29) is 6.04 Å². The van der Waals surface area contributed by atoms with Crippen molar-refractivity contribution in [1.29, 1.82) is 0 Å². The minimum Gasteiger partial charge on any atom is -0.356 e. The van der Waals surface area contributed by atoms with Crippen LogP contribution in [-0.4, -0.2) is 5.11 Å². The summed E-state index contributed by atoms with van der Waals surface area (Å²) in [5, 5.41) is 7.21. The monoisotopic (exact) mass is 298 g/mol. The summed E-state index contributed by atoms with van der Waals surface area (Å²) in [6.07, 6.45) is 0. The molecule has 0 saturated heterocycles. The van der Waals surface area contributed by atoms with Gasteiger partial charge in [0.25, 0.3) is 0 Å². The molecule has 2 rings (SSSR count). The first kappa shape index (κ1) is 15.5. The Bertz CT molecular complexity index is 635. The first-order valence-electron chi connectivity index (χ1n) is 7.17. The molecule has 0 unspecified atom stereocenters. The van der Waals surface area contributed by atoms with E-state index in [4.69, 9.17) is 12.2 Å². The fourth-order valence-corrected chi connectivity index (χ4v) is 2.71. The Morgan fingerprint density at radius 1 is 0.952 bits per heavy atom. The van der Waals surface area contributed by atoms with Gasteiger partial charge in [0, 0.05) is 5.69 Å².